The monoisotopic (exact) mass is 685 g/mol. The molecule has 0 amide bonds. The highest BCUT2D eigenvalue weighted by atomic mass is 28.5. The fourth-order valence-corrected chi connectivity index (χ4v) is 27.3. The summed E-state index contributed by atoms with van der Waals surface area (Å²) in [7, 11) is -6.22. The Morgan fingerprint density at radius 1 is 0.244 bits per heavy atom. The van der Waals surface area contributed by atoms with E-state index in [9.17, 15) is 0 Å². The average molecular weight is 685 g/mol. The third-order valence-electron chi connectivity index (χ3n) is 10.5. The molecule has 0 saturated carbocycles. The summed E-state index contributed by atoms with van der Waals surface area (Å²) in [5, 5.41) is 0. The Hall–Kier alpha value is 0.571. The summed E-state index contributed by atoms with van der Waals surface area (Å²) in [6.45, 7) is 19.1. The summed E-state index contributed by atoms with van der Waals surface area (Å²) in [4.78, 5) is 0. The van der Waals surface area contributed by atoms with Gasteiger partial charge in [-0.05, 0) is 48.4 Å². The lowest BCUT2D eigenvalue weighted by molar-refractivity contribution is 0.341. The van der Waals surface area contributed by atoms with Crippen LogP contribution in [0.3, 0.4) is 0 Å². The van der Waals surface area contributed by atoms with E-state index in [0.717, 1.165) is 0 Å². The Morgan fingerprint density at radius 3 is 0.600 bits per heavy atom. The fraction of sp³-hybridized carbons (Fsp3) is 1.00. The van der Waals surface area contributed by atoms with Crippen LogP contribution in [0.4, 0.5) is 0 Å². The molecule has 0 saturated heterocycles. The second-order valence-corrected chi connectivity index (χ2v) is 27.3. The van der Waals surface area contributed by atoms with Crippen molar-refractivity contribution in [3.8, 4) is 0 Å². The summed E-state index contributed by atoms with van der Waals surface area (Å²) < 4.78 is 16.6. The molecule has 0 heterocycles. The molecule has 2 nitrogen and oxygen atoms in total. The minimum atomic E-state index is -2.38. The highest BCUT2D eigenvalue weighted by molar-refractivity contribution is 6.90. The Balaban J connectivity index is 7.05. The standard InChI is InChI=1S/C40H88O2Si3/c1-9-17-25-33-43(34-26-18-10-2,35-27-19-11-3)41-45(39-31-23-15-7,40-32-24-16-8)42-44(36-28-20-12-4,37-29-21-13-5)38-30-22-14-6/h9-40H2,1-8H3. The summed E-state index contributed by atoms with van der Waals surface area (Å²) in [6, 6.07) is 11.0. The predicted molar refractivity (Wildman–Crippen MR) is 214 cm³/mol. The second-order valence-electron chi connectivity index (χ2n) is 15.1. The van der Waals surface area contributed by atoms with E-state index >= 15 is 0 Å². The highest BCUT2D eigenvalue weighted by Crippen LogP contribution is 2.42. The summed E-state index contributed by atoms with van der Waals surface area (Å²) in [6.07, 6.45) is 32.5. The van der Waals surface area contributed by atoms with E-state index in [1.807, 2.05) is 0 Å². The average Bonchev–Trinajstić information content (AvgIpc) is 3.02. The first-order valence-electron chi connectivity index (χ1n) is 21.3. The van der Waals surface area contributed by atoms with Crippen LogP contribution in [0.1, 0.15) is 209 Å². The zero-order chi connectivity index (χ0) is 33.5. The van der Waals surface area contributed by atoms with Crippen LogP contribution in [0.25, 0.3) is 0 Å². The molecule has 0 radical (unpaired) electrons. The molecule has 0 atom stereocenters. The molecule has 0 aliphatic carbocycles. The predicted octanol–water partition coefficient (Wildman–Crippen LogP) is 15.9. The van der Waals surface area contributed by atoms with E-state index in [0.29, 0.717) is 0 Å². The van der Waals surface area contributed by atoms with Crippen molar-refractivity contribution in [1.82, 2.24) is 0 Å². The molecular weight excluding hydrogens is 597 g/mol. The van der Waals surface area contributed by atoms with Gasteiger partial charge in [0.15, 0.2) is 16.6 Å². The maximum atomic E-state index is 8.32. The van der Waals surface area contributed by atoms with Crippen molar-refractivity contribution in [3.63, 3.8) is 0 Å². The lowest BCUT2D eigenvalue weighted by Gasteiger charge is -2.48. The van der Waals surface area contributed by atoms with Crippen LogP contribution < -0.4 is 0 Å². The van der Waals surface area contributed by atoms with Crippen molar-refractivity contribution in [2.24, 2.45) is 0 Å². The third-order valence-corrected chi connectivity index (χ3v) is 26.8. The molecule has 0 unspecified atom stereocenters. The molecule has 272 valence electrons. The van der Waals surface area contributed by atoms with E-state index in [4.69, 9.17) is 8.23 Å². The third kappa shape index (κ3) is 22.0. The van der Waals surface area contributed by atoms with Gasteiger partial charge in [-0.3, -0.25) is 0 Å². The van der Waals surface area contributed by atoms with Crippen molar-refractivity contribution in [2.75, 3.05) is 0 Å². The van der Waals surface area contributed by atoms with Crippen molar-refractivity contribution in [3.05, 3.63) is 0 Å². The van der Waals surface area contributed by atoms with Gasteiger partial charge in [0.1, 0.15) is 0 Å². The topological polar surface area (TPSA) is 18.5 Å². The van der Waals surface area contributed by atoms with E-state index in [-0.39, 0.29) is 0 Å². The Bertz CT molecular complexity index is 509. The first-order valence-corrected chi connectivity index (χ1v) is 28.6. The van der Waals surface area contributed by atoms with Crippen molar-refractivity contribution >= 4 is 25.2 Å². The smallest absolute Gasteiger partial charge is 0.317 e. The number of unbranched alkanes of at least 4 members (excludes halogenated alkanes) is 16. The maximum absolute atomic E-state index is 8.32. The molecular formula is C40H88O2Si3. The fourth-order valence-electron chi connectivity index (χ4n) is 7.67. The van der Waals surface area contributed by atoms with E-state index < -0.39 is 25.2 Å². The lowest BCUT2D eigenvalue weighted by atomic mass is 10.3. The Labute approximate surface area is 290 Å². The van der Waals surface area contributed by atoms with Gasteiger partial charge in [-0.25, -0.2) is 0 Å². The van der Waals surface area contributed by atoms with Gasteiger partial charge in [0.25, 0.3) is 0 Å². The van der Waals surface area contributed by atoms with Crippen LogP contribution in [0.5, 0.6) is 0 Å². The van der Waals surface area contributed by atoms with Crippen LogP contribution >= 0.6 is 0 Å². The van der Waals surface area contributed by atoms with E-state index in [2.05, 4.69) is 55.4 Å². The molecule has 0 aromatic heterocycles. The molecule has 0 aromatic rings. The van der Waals surface area contributed by atoms with Crippen molar-refractivity contribution in [2.45, 2.75) is 258 Å². The quantitative estimate of drug-likeness (QED) is 0.0483. The molecule has 0 spiro atoms. The van der Waals surface area contributed by atoms with Gasteiger partial charge in [0.05, 0.1) is 0 Å². The largest absolute Gasteiger partial charge is 0.436 e. The lowest BCUT2D eigenvalue weighted by Crippen LogP contribution is -2.59. The molecule has 5 heteroatoms. The van der Waals surface area contributed by atoms with Gasteiger partial charge in [-0.15, -0.1) is 0 Å². The number of rotatable bonds is 36. The maximum Gasteiger partial charge on any atom is 0.317 e. The summed E-state index contributed by atoms with van der Waals surface area (Å²) in [5.74, 6) is 0. The van der Waals surface area contributed by atoms with Crippen molar-refractivity contribution < 1.29 is 8.23 Å². The molecule has 0 aliphatic rings. The highest BCUT2D eigenvalue weighted by Gasteiger charge is 2.50. The summed E-state index contributed by atoms with van der Waals surface area (Å²) in [5.41, 5.74) is 0. The molecule has 0 fully saturated rings. The molecule has 0 rings (SSSR count). The van der Waals surface area contributed by atoms with Crippen molar-refractivity contribution in [1.29, 1.82) is 0 Å². The van der Waals surface area contributed by atoms with Gasteiger partial charge in [-0.1, -0.05) is 209 Å². The minimum Gasteiger partial charge on any atom is -0.436 e. The van der Waals surface area contributed by atoms with Crippen LogP contribution in [-0.2, 0) is 8.23 Å². The minimum absolute atomic E-state index is 1.29. The first-order chi connectivity index (χ1) is 21.9. The van der Waals surface area contributed by atoms with Crippen LogP contribution in [0.15, 0.2) is 0 Å². The Morgan fingerprint density at radius 2 is 0.422 bits per heavy atom. The second kappa shape index (κ2) is 30.6. The zero-order valence-electron chi connectivity index (χ0n) is 32.9. The first kappa shape index (κ1) is 45.6. The SMILES string of the molecule is CCCCC[Si](CCCCC)(CCCCC)O[Si](CCCCC)(CCCCC)O[Si](CCCCC)(CCCCC)CCCCC. The molecule has 0 bridgehead atoms. The van der Waals surface area contributed by atoms with Gasteiger partial charge >= 0.3 is 8.56 Å². The molecule has 45 heavy (non-hydrogen) atoms. The van der Waals surface area contributed by atoms with Gasteiger partial charge in [0, 0.05) is 0 Å². The van der Waals surface area contributed by atoms with E-state index in [1.54, 1.807) is 0 Å². The normalized spacial score (nSPS) is 12.8. The van der Waals surface area contributed by atoms with Crippen LogP contribution in [0.2, 0.25) is 48.4 Å². The number of hydrogen-bond donors (Lipinski definition) is 0. The van der Waals surface area contributed by atoms with Gasteiger partial charge in [0.2, 0.25) is 0 Å². The summed E-state index contributed by atoms with van der Waals surface area (Å²) >= 11 is 0. The van der Waals surface area contributed by atoms with Crippen LogP contribution in [-0.4, -0.2) is 25.2 Å². The molecule has 0 aliphatic heterocycles. The van der Waals surface area contributed by atoms with Gasteiger partial charge in [-0.2, -0.15) is 0 Å². The molecule has 0 aromatic carbocycles. The zero-order valence-corrected chi connectivity index (χ0v) is 35.9. The van der Waals surface area contributed by atoms with Gasteiger partial charge < -0.3 is 8.23 Å². The number of hydrogen-bond acceptors (Lipinski definition) is 2. The molecule has 0 N–H and O–H groups in total. The van der Waals surface area contributed by atoms with Crippen LogP contribution in [0, 0.1) is 0 Å². The van der Waals surface area contributed by atoms with E-state index in [1.165, 1.54) is 202 Å². The Kier molecular flexibility index (Phi) is 31.0.